The minimum absolute atomic E-state index is 0.259. The van der Waals surface area contributed by atoms with Crippen molar-refractivity contribution in [2.45, 2.75) is 57.0 Å². The van der Waals surface area contributed by atoms with Gasteiger partial charge in [-0.05, 0) is 46.7 Å². The molecule has 2 heteroatoms. The first-order valence-corrected chi connectivity index (χ1v) is 6.06. The Morgan fingerprint density at radius 1 is 1.40 bits per heavy atom. The SMILES string of the molecule is C=C(C)CCC(N)C1(N(C)C)CCCC1. The summed E-state index contributed by atoms with van der Waals surface area (Å²) in [6.07, 6.45) is 7.33. The highest BCUT2D eigenvalue weighted by molar-refractivity contribution is 5.02. The maximum atomic E-state index is 6.38. The van der Waals surface area contributed by atoms with Crippen LogP contribution in [0.15, 0.2) is 12.2 Å². The molecule has 0 amide bonds. The van der Waals surface area contributed by atoms with Crippen LogP contribution < -0.4 is 5.73 Å². The largest absolute Gasteiger partial charge is 0.326 e. The number of hydrogen-bond donors (Lipinski definition) is 1. The third kappa shape index (κ3) is 2.82. The van der Waals surface area contributed by atoms with E-state index < -0.39 is 0 Å². The van der Waals surface area contributed by atoms with E-state index in [1.165, 1.54) is 31.3 Å². The molecule has 88 valence electrons. The summed E-state index contributed by atoms with van der Waals surface area (Å²) >= 11 is 0. The minimum Gasteiger partial charge on any atom is -0.326 e. The molecule has 15 heavy (non-hydrogen) atoms. The molecule has 1 aliphatic carbocycles. The Bertz CT molecular complexity index is 215. The third-order valence-electron chi connectivity index (χ3n) is 3.93. The first-order valence-electron chi connectivity index (χ1n) is 6.06. The van der Waals surface area contributed by atoms with E-state index in [4.69, 9.17) is 5.73 Å². The minimum atomic E-state index is 0.259. The van der Waals surface area contributed by atoms with Crippen molar-refractivity contribution in [1.29, 1.82) is 0 Å². The molecule has 1 rings (SSSR count). The smallest absolute Gasteiger partial charge is 0.0354 e. The second-order valence-electron chi connectivity index (χ2n) is 5.31. The Labute approximate surface area is 94.5 Å². The highest BCUT2D eigenvalue weighted by Gasteiger charge is 2.40. The van der Waals surface area contributed by atoms with Crippen molar-refractivity contribution in [3.63, 3.8) is 0 Å². The van der Waals surface area contributed by atoms with Gasteiger partial charge >= 0.3 is 0 Å². The fraction of sp³-hybridized carbons (Fsp3) is 0.846. The molecule has 0 bridgehead atoms. The number of nitrogens with zero attached hydrogens (tertiary/aromatic N) is 1. The van der Waals surface area contributed by atoms with Crippen LogP contribution in [-0.4, -0.2) is 30.6 Å². The van der Waals surface area contributed by atoms with Crippen LogP contribution in [0.1, 0.15) is 45.4 Å². The predicted molar refractivity (Wildman–Crippen MR) is 66.9 cm³/mol. The van der Waals surface area contributed by atoms with E-state index in [9.17, 15) is 0 Å². The van der Waals surface area contributed by atoms with Crippen LogP contribution in [0, 0.1) is 0 Å². The van der Waals surface area contributed by atoms with Crippen LogP contribution in [-0.2, 0) is 0 Å². The lowest BCUT2D eigenvalue weighted by Crippen LogP contribution is -2.55. The Hall–Kier alpha value is -0.340. The first-order chi connectivity index (χ1) is 6.99. The van der Waals surface area contributed by atoms with Gasteiger partial charge in [-0.1, -0.05) is 18.4 Å². The highest BCUT2D eigenvalue weighted by Crippen LogP contribution is 2.37. The van der Waals surface area contributed by atoms with Gasteiger partial charge in [-0.15, -0.1) is 6.58 Å². The Balaban J connectivity index is 2.59. The zero-order valence-electron chi connectivity index (χ0n) is 10.6. The maximum absolute atomic E-state index is 6.38. The zero-order chi connectivity index (χ0) is 11.5. The lowest BCUT2D eigenvalue weighted by molar-refractivity contribution is 0.119. The normalized spacial score (nSPS) is 21.9. The molecule has 0 aromatic carbocycles. The summed E-state index contributed by atoms with van der Waals surface area (Å²) in [5.41, 5.74) is 7.89. The van der Waals surface area contributed by atoms with E-state index in [0.717, 1.165) is 12.8 Å². The molecule has 2 N–H and O–H groups in total. The van der Waals surface area contributed by atoms with Crippen molar-refractivity contribution in [2.24, 2.45) is 5.73 Å². The average Bonchev–Trinajstić information content (AvgIpc) is 2.63. The molecule has 1 unspecified atom stereocenters. The molecular formula is C13H26N2. The highest BCUT2D eigenvalue weighted by atomic mass is 15.2. The van der Waals surface area contributed by atoms with E-state index in [1.807, 2.05) is 0 Å². The molecule has 0 saturated heterocycles. The van der Waals surface area contributed by atoms with Crippen molar-refractivity contribution >= 4 is 0 Å². The van der Waals surface area contributed by atoms with E-state index >= 15 is 0 Å². The van der Waals surface area contributed by atoms with E-state index in [1.54, 1.807) is 0 Å². The maximum Gasteiger partial charge on any atom is 0.0354 e. The molecule has 1 atom stereocenters. The topological polar surface area (TPSA) is 29.3 Å². The van der Waals surface area contributed by atoms with Crippen molar-refractivity contribution in [1.82, 2.24) is 4.90 Å². The third-order valence-corrected chi connectivity index (χ3v) is 3.93. The molecule has 0 aromatic rings. The second kappa shape index (κ2) is 5.13. The van der Waals surface area contributed by atoms with E-state index in [-0.39, 0.29) is 5.54 Å². The van der Waals surface area contributed by atoms with Crippen LogP contribution >= 0.6 is 0 Å². The molecule has 0 radical (unpaired) electrons. The standard InChI is InChI=1S/C13H26N2/c1-11(2)7-8-12(14)13(15(3)4)9-5-6-10-13/h12H,1,5-10,14H2,2-4H3. The average molecular weight is 210 g/mol. The van der Waals surface area contributed by atoms with Crippen molar-refractivity contribution < 1.29 is 0 Å². The summed E-state index contributed by atoms with van der Waals surface area (Å²) in [5, 5.41) is 0. The fourth-order valence-corrected chi connectivity index (χ4v) is 2.81. The van der Waals surface area contributed by atoms with Crippen LogP contribution in [0.5, 0.6) is 0 Å². The summed E-state index contributed by atoms with van der Waals surface area (Å²) in [7, 11) is 4.35. The summed E-state index contributed by atoms with van der Waals surface area (Å²) in [6.45, 7) is 6.04. The molecule has 2 nitrogen and oxygen atoms in total. The fourth-order valence-electron chi connectivity index (χ4n) is 2.81. The summed E-state index contributed by atoms with van der Waals surface area (Å²) in [6, 6.07) is 0.298. The molecule has 1 saturated carbocycles. The Kier molecular flexibility index (Phi) is 4.35. The second-order valence-corrected chi connectivity index (χ2v) is 5.31. The van der Waals surface area contributed by atoms with Crippen molar-refractivity contribution in [3.8, 4) is 0 Å². The number of allylic oxidation sites excluding steroid dienone is 1. The molecular weight excluding hydrogens is 184 g/mol. The predicted octanol–water partition coefficient (Wildman–Crippen LogP) is 2.54. The van der Waals surface area contributed by atoms with Gasteiger partial charge in [-0.25, -0.2) is 0 Å². The molecule has 1 fully saturated rings. The molecule has 0 aromatic heterocycles. The van der Waals surface area contributed by atoms with Gasteiger partial charge in [0, 0.05) is 11.6 Å². The number of likely N-dealkylation sites (N-methyl/N-ethyl adjacent to an activating group) is 1. The van der Waals surface area contributed by atoms with Gasteiger partial charge in [0.2, 0.25) is 0 Å². The van der Waals surface area contributed by atoms with Crippen molar-refractivity contribution in [3.05, 3.63) is 12.2 Å². The lowest BCUT2D eigenvalue weighted by atomic mass is 9.84. The van der Waals surface area contributed by atoms with Gasteiger partial charge in [-0.3, -0.25) is 0 Å². The lowest BCUT2D eigenvalue weighted by Gasteiger charge is -2.41. The summed E-state index contributed by atoms with van der Waals surface area (Å²) in [4.78, 5) is 2.35. The summed E-state index contributed by atoms with van der Waals surface area (Å²) < 4.78 is 0. The van der Waals surface area contributed by atoms with Gasteiger partial charge < -0.3 is 10.6 Å². The number of rotatable bonds is 5. The van der Waals surface area contributed by atoms with Gasteiger partial charge in [0.25, 0.3) is 0 Å². The van der Waals surface area contributed by atoms with Crippen molar-refractivity contribution in [2.75, 3.05) is 14.1 Å². The number of hydrogen-bond acceptors (Lipinski definition) is 2. The number of nitrogens with two attached hydrogens (primary N) is 1. The van der Waals surface area contributed by atoms with Crippen LogP contribution in [0.25, 0.3) is 0 Å². The zero-order valence-corrected chi connectivity index (χ0v) is 10.6. The summed E-state index contributed by atoms with van der Waals surface area (Å²) in [5.74, 6) is 0. The van der Waals surface area contributed by atoms with Crippen LogP contribution in [0.3, 0.4) is 0 Å². The Morgan fingerprint density at radius 3 is 2.33 bits per heavy atom. The molecule has 0 aliphatic heterocycles. The quantitative estimate of drug-likeness (QED) is 0.707. The van der Waals surface area contributed by atoms with E-state index in [2.05, 4.69) is 32.5 Å². The van der Waals surface area contributed by atoms with E-state index in [0.29, 0.717) is 6.04 Å². The van der Waals surface area contributed by atoms with Crippen LogP contribution in [0.4, 0.5) is 0 Å². The first kappa shape index (κ1) is 12.7. The molecule has 0 spiro atoms. The van der Waals surface area contributed by atoms with Gasteiger partial charge in [0.15, 0.2) is 0 Å². The Morgan fingerprint density at radius 2 is 1.93 bits per heavy atom. The van der Waals surface area contributed by atoms with Gasteiger partial charge in [-0.2, -0.15) is 0 Å². The van der Waals surface area contributed by atoms with Crippen LogP contribution in [0.2, 0.25) is 0 Å². The van der Waals surface area contributed by atoms with Gasteiger partial charge in [0.05, 0.1) is 0 Å². The molecule has 0 heterocycles. The monoisotopic (exact) mass is 210 g/mol. The van der Waals surface area contributed by atoms with Gasteiger partial charge in [0.1, 0.15) is 0 Å². The molecule has 1 aliphatic rings.